The molecule has 2 atom stereocenters. The number of hydrogen-bond donors (Lipinski definition) is 2. The predicted octanol–water partition coefficient (Wildman–Crippen LogP) is 4.08. The number of carbonyl (C=O) groups is 1. The summed E-state index contributed by atoms with van der Waals surface area (Å²) in [7, 11) is 0. The quantitative estimate of drug-likeness (QED) is 0.779. The van der Waals surface area contributed by atoms with E-state index in [1.165, 1.54) is 18.2 Å². The molecular weight excluding hydrogens is 371 g/mol. The van der Waals surface area contributed by atoms with E-state index in [0.29, 0.717) is 22.4 Å². The Kier molecular flexibility index (Phi) is 4.27. The van der Waals surface area contributed by atoms with E-state index in [2.05, 4.69) is 5.32 Å². The van der Waals surface area contributed by atoms with Crippen molar-refractivity contribution in [1.82, 2.24) is 0 Å². The van der Waals surface area contributed by atoms with Crippen molar-refractivity contribution in [3.05, 3.63) is 83.4 Å². The van der Waals surface area contributed by atoms with Gasteiger partial charge in [0.1, 0.15) is 6.61 Å². The molecule has 4 nitrogen and oxygen atoms in total. The van der Waals surface area contributed by atoms with Gasteiger partial charge >= 0.3 is 12.1 Å². The van der Waals surface area contributed by atoms with Crippen LogP contribution in [-0.4, -0.2) is 28.9 Å². The van der Waals surface area contributed by atoms with Gasteiger partial charge in [-0.25, -0.2) is 4.79 Å². The molecule has 28 heavy (non-hydrogen) atoms. The van der Waals surface area contributed by atoms with Gasteiger partial charge in [0, 0.05) is 11.3 Å². The molecule has 0 bridgehead atoms. The second kappa shape index (κ2) is 6.53. The summed E-state index contributed by atoms with van der Waals surface area (Å²) in [6.45, 7) is 0.0752. The first-order valence-corrected chi connectivity index (χ1v) is 8.60. The summed E-state index contributed by atoms with van der Waals surface area (Å²) in [5, 5.41) is 13.3. The molecule has 2 aromatic carbocycles. The number of ether oxygens (including phenoxy) is 1. The molecular formula is C21H16F3NO3. The van der Waals surface area contributed by atoms with Crippen LogP contribution in [0.15, 0.2) is 66.8 Å². The molecule has 2 aliphatic rings. The number of nitrogens with one attached hydrogen (secondary N) is 1. The number of anilines is 1. The lowest BCUT2D eigenvalue weighted by atomic mass is 9.84. The molecule has 0 aromatic heterocycles. The molecule has 4 rings (SSSR count). The van der Waals surface area contributed by atoms with E-state index in [-0.39, 0.29) is 12.2 Å². The maximum Gasteiger partial charge on any atom is 0.423 e. The van der Waals surface area contributed by atoms with E-state index in [9.17, 15) is 23.1 Å². The van der Waals surface area contributed by atoms with E-state index in [1.54, 1.807) is 42.5 Å². The molecule has 0 saturated carbocycles. The van der Waals surface area contributed by atoms with Gasteiger partial charge in [0.05, 0.1) is 11.6 Å². The maximum absolute atomic E-state index is 13.8. The van der Waals surface area contributed by atoms with Gasteiger partial charge in [-0.15, -0.1) is 0 Å². The van der Waals surface area contributed by atoms with Gasteiger partial charge in [0.25, 0.3) is 0 Å². The first kappa shape index (κ1) is 18.3. The number of allylic oxidation sites excluding steroid dienone is 2. The van der Waals surface area contributed by atoms with E-state index in [4.69, 9.17) is 4.74 Å². The summed E-state index contributed by atoms with van der Waals surface area (Å²) in [5.74, 6) is -0.457. The Morgan fingerprint density at radius 3 is 2.61 bits per heavy atom. The Hall–Kier alpha value is -3.06. The summed E-state index contributed by atoms with van der Waals surface area (Å²) in [6, 6.07) is 11.7. The first-order chi connectivity index (χ1) is 13.3. The lowest BCUT2D eigenvalue weighted by Crippen LogP contribution is -2.56. The summed E-state index contributed by atoms with van der Waals surface area (Å²) in [5.41, 5.74) is -0.906. The fraction of sp³-hybridized carbons (Fsp3) is 0.190. The Morgan fingerprint density at radius 1 is 1.14 bits per heavy atom. The zero-order valence-corrected chi connectivity index (χ0v) is 14.5. The molecule has 0 spiro atoms. The van der Waals surface area contributed by atoms with Crippen LogP contribution in [0.1, 0.15) is 21.5 Å². The second-order valence-electron chi connectivity index (χ2n) is 6.72. The largest absolute Gasteiger partial charge is 0.457 e. The summed E-state index contributed by atoms with van der Waals surface area (Å²) >= 11 is 0. The van der Waals surface area contributed by atoms with Crippen molar-refractivity contribution < 1.29 is 27.8 Å². The van der Waals surface area contributed by atoms with Crippen molar-refractivity contribution in [2.24, 2.45) is 0 Å². The molecule has 0 radical (unpaired) electrons. The third kappa shape index (κ3) is 3.07. The standard InChI is InChI=1S/C21H16F3NO3/c22-21(23,24)20(27)11-14(13-4-2-1-3-5-13)6-9-18(20)25-16-7-8-17-15(10-16)12-28-19(17)26/h1-11,18,25,27H,12H2. The van der Waals surface area contributed by atoms with Crippen LogP contribution in [0.5, 0.6) is 0 Å². The molecule has 2 aromatic rings. The molecule has 0 fully saturated rings. The van der Waals surface area contributed by atoms with Crippen molar-refractivity contribution in [3.8, 4) is 0 Å². The number of carbonyl (C=O) groups excluding carboxylic acids is 1. The third-order valence-corrected chi connectivity index (χ3v) is 4.89. The van der Waals surface area contributed by atoms with Crippen molar-refractivity contribution in [3.63, 3.8) is 0 Å². The average molecular weight is 387 g/mol. The highest BCUT2D eigenvalue weighted by Crippen LogP contribution is 2.41. The molecule has 1 heterocycles. The highest BCUT2D eigenvalue weighted by molar-refractivity contribution is 5.93. The molecule has 0 saturated heterocycles. The summed E-state index contributed by atoms with van der Waals surface area (Å²) < 4.78 is 46.3. The number of halogens is 3. The lowest BCUT2D eigenvalue weighted by molar-refractivity contribution is -0.240. The van der Waals surface area contributed by atoms with Gasteiger partial charge in [0.2, 0.25) is 5.60 Å². The van der Waals surface area contributed by atoms with Crippen LogP contribution in [0.2, 0.25) is 0 Å². The van der Waals surface area contributed by atoms with Gasteiger partial charge < -0.3 is 15.2 Å². The predicted molar refractivity (Wildman–Crippen MR) is 97.5 cm³/mol. The summed E-state index contributed by atoms with van der Waals surface area (Å²) in [6.07, 6.45) is -1.22. The fourth-order valence-corrected chi connectivity index (χ4v) is 3.35. The maximum atomic E-state index is 13.8. The number of fused-ring (bicyclic) bond motifs is 1. The first-order valence-electron chi connectivity index (χ1n) is 8.60. The number of benzene rings is 2. The molecule has 1 aliphatic heterocycles. The smallest absolute Gasteiger partial charge is 0.423 e. The minimum atomic E-state index is -4.90. The molecule has 1 aliphatic carbocycles. The fourth-order valence-electron chi connectivity index (χ4n) is 3.35. The highest BCUT2D eigenvalue weighted by Gasteiger charge is 2.57. The minimum absolute atomic E-state index is 0.0752. The molecule has 0 amide bonds. The van der Waals surface area contributed by atoms with E-state index >= 15 is 0 Å². The van der Waals surface area contributed by atoms with Crippen molar-refractivity contribution in [1.29, 1.82) is 0 Å². The Bertz CT molecular complexity index is 982. The average Bonchev–Trinajstić information content (AvgIpc) is 3.04. The van der Waals surface area contributed by atoms with Crippen molar-refractivity contribution in [2.75, 3.05) is 5.32 Å². The number of esters is 1. The highest BCUT2D eigenvalue weighted by atomic mass is 19.4. The molecule has 144 valence electrons. The van der Waals surface area contributed by atoms with E-state index in [0.717, 1.165) is 6.08 Å². The van der Waals surface area contributed by atoms with Gasteiger partial charge in [-0.1, -0.05) is 42.5 Å². The second-order valence-corrected chi connectivity index (χ2v) is 6.72. The monoisotopic (exact) mass is 387 g/mol. The molecule has 2 unspecified atom stereocenters. The minimum Gasteiger partial charge on any atom is -0.457 e. The number of rotatable bonds is 3. The van der Waals surface area contributed by atoms with Crippen LogP contribution in [0.4, 0.5) is 18.9 Å². The third-order valence-electron chi connectivity index (χ3n) is 4.89. The number of cyclic esters (lactones) is 1. The SMILES string of the molecule is O=C1OCc2cc(NC3C=CC(c4ccccc4)=CC3(O)C(F)(F)F)ccc21. The van der Waals surface area contributed by atoms with E-state index in [1.807, 2.05) is 0 Å². The Labute approximate surface area is 158 Å². The Morgan fingerprint density at radius 2 is 1.89 bits per heavy atom. The van der Waals surface area contributed by atoms with Crippen LogP contribution < -0.4 is 5.32 Å². The lowest BCUT2D eigenvalue weighted by Gasteiger charge is -2.37. The van der Waals surface area contributed by atoms with Crippen LogP contribution in [0.25, 0.3) is 5.57 Å². The van der Waals surface area contributed by atoms with Crippen LogP contribution >= 0.6 is 0 Å². The van der Waals surface area contributed by atoms with Gasteiger partial charge in [0.15, 0.2) is 0 Å². The Balaban J connectivity index is 1.67. The van der Waals surface area contributed by atoms with Crippen molar-refractivity contribution >= 4 is 17.2 Å². The van der Waals surface area contributed by atoms with Crippen molar-refractivity contribution in [2.45, 2.75) is 24.4 Å². The molecule has 7 heteroatoms. The number of hydrogen-bond acceptors (Lipinski definition) is 4. The number of aliphatic hydroxyl groups is 1. The zero-order chi connectivity index (χ0) is 19.9. The van der Waals surface area contributed by atoms with Crippen LogP contribution in [0.3, 0.4) is 0 Å². The number of alkyl halides is 3. The van der Waals surface area contributed by atoms with Crippen LogP contribution in [-0.2, 0) is 11.3 Å². The summed E-state index contributed by atoms with van der Waals surface area (Å²) in [4.78, 5) is 11.5. The van der Waals surface area contributed by atoms with Gasteiger partial charge in [-0.2, -0.15) is 13.2 Å². The van der Waals surface area contributed by atoms with Gasteiger partial charge in [-0.05, 0) is 35.4 Å². The van der Waals surface area contributed by atoms with Crippen LogP contribution in [0, 0.1) is 0 Å². The zero-order valence-electron chi connectivity index (χ0n) is 14.5. The topological polar surface area (TPSA) is 58.6 Å². The van der Waals surface area contributed by atoms with Gasteiger partial charge in [-0.3, -0.25) is 0 Å². The molecule has 2 N–H and O–H groups in total. The normalized spacial score (nSPS) is 23.8. The van der Waals surface area contributed by atoms with E-state index < -0.39 is 23.8 Å².